The van der Waals surface area contributed by atoms with Crippen LogP contribution in [-0.4, -0.2) is 20.6 Å². The van der Waals surface area contributed by atoms with Gasteiger partial charge in [-0.05, 0) is 12.1 Å². The predicted octanol–water partition coefficient (Wildman–Crippen LogP) is 1.92. The Morgan fingerprint density at radius 1 is 1.50 bits per heavy atom. The highest BCUT2D eigenvalue weighted by atomic mass is 19.1. The smallest absolute Gasteiger partial charge is 0.354 e. The Morgan fingerprint density at radius 3 is 2.81 bits per heavy atom. The SMILES string of the molecule is Cn1c(C(=O)O)cnc1-c1cccc(F)c1. The van der Waals surface area contributed by atoms with Gasteiger partial charge in [0.15, 0.2) is 0 Å². The van der Waals surface area contributed by atoms with Gasteiger partial charge in [0.05, 0.1) is 6.20 Å². The monoisotopic (exact) mass is 220 g/mol. The molecule has 1 aromatic heterocycles. The van der Waals surface area contributed by atoms with E-state index in [2.05, 4.69) is 4.98 Å². The van der Waals surface area contributed by atoms with Gasteiger partial charge in [-0.1, -0.05) is 12.1 Å². The third-order valence-corrected chi connectivity index (χ3v) is 2.29. The van der Waals surface area contributed by atoms with Gasteiger partial charge >= 0.3 is 5.97 Å². The summed E-state index contributed by atoms with van der Waals surface area (Å²) in [6, 6.07) is 5.87. The highest BCUT2D eigenvalue weighted by molar-refractivity contribution is 5.86. The lowest BCUT2D eigenvalue weighted by Crippen LogP contribution is -2.05. The molecule has 0 bridgehead atoms. The molecule has 0 aliphatic carbocycles. The predicted molar refractivity (Wildman–Crippen MR) is 55.6 cm³/mol. The van der Waals surface area contributed by atoms with E-state index in [0.717, 1.165) is 0 Å². The quantitative estimate of drug-likeness (QED) is 0.841. The number of aromatic nitrogens is 2. The van der Waals surface area contributed by atoms with Crippen LogP contribution in [0.3, 0.4) is 0 Å². The van der Waals surface area contributed by atoms with E-state index in [4.69, 9.17) is 5.11 Å². The number of nitrogens with zero attached hydrogens (tertiary/aromatic N) is 2. The minimum atomic E-state index is -1.06. The van der Waals surface area contributed by atoms with Crippen LogP contribution in [0.4, 0.5) is 4.39 Å². The minimum Gasteiger partial charge on any atom is -0.477 e. The largest absolute Gasteiger partial charge is 0.477 e. The lowest BCUT2D eigenvalue weighted by Gasteiger charge is -2.03. The lowest BCUT2D eigenvalue weighted by molar-refractivity contribution is 0.0686. The summed E-state index contributed by atoms with van der Waals surface area (Å²) in [7, 11) is 1.58. The van der Waals surface area contributed by atoms with Crippen molar-refractivity contribution in [1.82, 2.24) is 9.55 Å². The second-order valence-corrected chi connectivity index (χ2v) is 3.34. The molecule has 1 aromatic carbocycles. The van der Waals surface area contributed by atoms with Crippen LogP contribution in [0.2, 0.25) is 0 Å². The maximum absolute atomic E-state index is 13.0. The van der Waals surface area contributed by atoms with Crippen molar-refractivity contribution < 1.29 is 14.3 Å². The number of benzene rings is 1. The van der Waals surface area contributed by atoms with Crippen molar-refractivity contribution in [3.8, 4) is 11.4 Å². The number of hydrogen-bond donors (Lipinski definition) is 1. The molecule has 0 amide bonds. The molecule has 0 unspecified atom stereocenters. The Labute approximate surface area is 91.0 Å². The van der Waals surface area contributed by atoms with E-state index in [9.17, 15) is 9.18 Å². The van der Waals surface area contributed by atoms with E-state index >= 15 is 0 Å². The molecule has 0 atom stereocenters. The Hall–Kier alpha value is -2.17. The average molecular weight is 220 g/mol. The summed E-state index contributed by atoms with van der Waals surface area (Å²) in [4.78, 5) is 14.8. The molecular weight excluding hydrogens is 211 g/mol. The first kappa shape index (κ1) is 10.4. The molecule has 0 aliphatic heterocycles. The Kier molecular flexibility index (Phi) is 2.44. The van der Waals surface area contributed by atoms with Crippen LogP contribution in [-0.2, 0) is 7.05 Å². The minimum absolute atomic E-state index is 0.0688. The normalized spacial score (nSPS) is 10.4. The van der Waals surface area contributed by atoms with Gasteiger partial charge in [-0.2, -0.15) is 0 Å². The number of aromatic carboxylic acids is 1. The van der Waals surface area contributed by atoms with Gasteiger partial charge in [-0.15, -0.1) is 0 Å². The van der Waals surface area contributed by atoms with E-state index in [1.807, 2.05) is 0 Å². The van der Waals surface area contributed by atoms with Crippen molar-refractivity contribution >= 4 is 5.97 Å². The molecule has 2 rings (SSSR count). The second-order valence-electron chi connectivity index (χ2n) is 3.34. The standard InChI is InChI=1S/C11H9FN2O2/c1-14-9(11(15)16)6-13-10(14)7-3-2-4-8(12)5-7/h2-6H,1H3,(H,15,16). The number of rotatable bonds is 2. The van der Waals surface area contributed by atoms with E-state index in [1.165, 1.54) is 22.9 Å². The highest BCUT2D eigenvalue weighted by Crippen LogP contribution is 2.19. The number of halogens is 1. The van der Waals surface area contributed by atoms with Gasteiger partial charge in [-0.25, -0.2) is 14.2 Å². The van der Waals surface area contributed by atoms with Crippen LogP contribution in [0, 0.1) is 5.82 Å². The fourth-order valence-electron chi connectivity index (χ4n) is 1.50. The van der Waals surface area contributed by atoms with Gasteiger partial charge in [0.2, 0.25) is 0 Å². The summed E-state index contributed by atoms with van der Waals surface area (Å²) in [6.07, 6.45) is 1.25. The lowest BCUT2D eigenvalue weighted by atomic mass is 10.2. The molecule has 4 nitrogen and oxygen atoms in total. The van der Waals surface area contributed by atoms with Crippen molar-refractivity contribution in [3.05, 3.63) is 42.0 Å². The van der Waals surface area contributed by atoms with E-state index < -0.39 is 5.97 Å². The highest BCUT2D eigenvalue weighted by Gasteiger charge is 2.13. The first-order valence-electron chi connectivity index (χ1n) is 4.60. The maximum atomic E-state index is 13.0. The van der Waals surface area contributed by atoms with Gasteiger partial charge < -0.3 is 9.67 Å². The molecule has 0 saturated carbocycles. The van der Waals surface area contributed by atoms with Gasteiger partial charge in [0, 0.05) is 12.6 Å². The molecule has 5 heteroatoms. The molecule has 0 fully saturated rings. The molecule has 2 aromatic rings. The number of hydrogen-bond acceptors (Lipinski definition) is 2. The van der Waals surface area contributed by atoms with Crippen LogP contribution in [0.1, 0.15) is 10.5 Å². The van der Waals surface area contributed by atoms with Crippen LogP contribution in [0.15, 0.2) is 30.5 Å². The zero-order valence-electron chi connectivity index (χ0n) is 8.51. The van der Waals surface area contributed by atoms with Gasteiger partial charge in [-0.3, -0.25) is 0 Å². The molecule has 1 heterocycles. The van der Waals surface area contributed by atoms with Gasteiger partial charge in [0.1, 0.15) is 17.3 Å². The number of carboxylic acid groups (broad SMARTS) is 1. The fourth-order valence-corrected chi connectivity index (χ4v) is 1.50. The number of carboxylic acids is 1. The summed E-state index contributed by atoms with van der Waals surface area (Å²) < 4.78 is 14.4. The molecule has 0 radical (unpaired) electrons. The van der Waals surface area contributed by atoms with Gasteiger partial charge in [0.25, 0.3) is 0 Å². The Morgan fingerprint density at radius 2 is 2.25 bits per heavy atom. The molecule has 0 saturated heterocycles. The summed E-state index contributed by atoms with van der Waals surface area (Å²) in [6.45, 7) is 0. The van der Waals surface area contributed by atoms with Crippen LogP contribution in [0.25, 0.3) is 11.4 Å². The van der Waals surface area contributed by atoms with Crippen LogP contribution >= 0.6 is 0 Å². The third-order valence-electron chi connectivity index (χ3n) is 2.29. The Balaban J connectivity index is 2.53. The zero-order chi connectivity index (χ0) is 11.7. The zero-order valence-corrected chi connectivity index (χ0v) is 8.51. The maximum Gasteiger partial charge on any atom is 0.354 e. The summed E-state index contributed by atoms with van der Waals surface area (Å²) in [5.41, 5.74) is 0.620. The molecule has 0 spiro atoms. The molecule has 1 N–H and O–H groups in total. The van der Waals surface area contributed by atoms with Crippen LogP contribution < -0.4 is 0 Å². The molecule has 82 valence electrons. The van der Waals surface area contributed by atoms with E-state index in [-0.39, 0.29) is 11.5 Å². The van der Waals surface area contributed by atoms with Crippen molar-refractivity contribution in [2.24, 2.45) is 7.05 Å². The third kappa shape index (κ3) is 1.67. The van der Waals surface area contributed by atoms with E-state index in [0.29, 0.717) is 11.4 Å². The van der Waals surface area contributed by atoms with Crippen LogP contribution in [0.5, 0.6) is 0 Å². The summed E-state index contributed by atoms with van der Waals surface area (Å²) in [5, 5.41) is 8.85. The van der Waals surface area contributed by atoms with E-state index in [1.54, 1.807) is 19.2 Å². The molecule has 16 heavy (non-hydrogen) atoms. The Bertz CT molecular complexity index is 549. The van der Waals surface area contributed by atoms with Crippen molar-refractivity contribution in [1.29, 1.82) is 0 Å². The average Bonchev–Trinajstić information content (AvgIpc) is 2.60. The first-order chi connectivity index (χ1) is 7.59. The first-order valence-corrected chi connectivity index (χ1v) is 4.60. The topological polar surface area (TPSA) is 55.1 Å². The van der Waals surface area contributed by atoms with Crippen molar-refractivity contribution in [2.45, 2.75) is 0 Å². The molecular formula is C11H9FN2O2. The second kappa shape index (κ2) is 3.77. The summed E-state index contributed by atoms with van der Waals surface area (Å²) >= 11 is 0. The summed E-state index contributed by atoms with van der Waals surface area (Å²) in [5.74, 6) is -1.01. The van der Waals surface area contributed by atoms with Crippen molar-refractivity contribution in [2.75, 3.05) is 0 Å². The number of imidazole rings is 1. The fraction of sp³-hybridized carbons (Fsp3) is 0.0909. The molecule has 0 aliphatic rings. The number of carbonyl (C=O) groups is 1. The van der Waals surface area contributed by atoms with Crippen molar-refractivity contribution in [3.63, 3.8) is 0 Å².